The lowest BCUT2D eigenvalue weighted by molar-refractivity contribution is -0.0361. The fourth-order valence-corrected chi connectivity index (χ4v) is 2.52. The molecule has 0 amide bonds. The van der Waals surface area contributed by atoms with Gasteiger partial charge in [0.1, 0.15) is 18.5 Å². The highest BCUT2D eigenvalue weighted by Gasteiger charge is 2.19. The third-order valence-corrected chi connectivity index (χ3v) is 3.67. The van der Waals surface area contributed by atoms with Crippen molar-refractivity contribution in [1.82, 2.24) is 4.90 Å². The first-order valence-electron chi connectivity index (χ1n) is 6.64. The van der Waals surface area contributed by atoms with E-state index < -0.39 is 6.10 Å². The molecule has 0 radical (unpaired) electrons. The quantitative estimate of drug-likeness (QED) is 0.905. The molecule has 4 nitrogen and oxygen atoms in total. The lowest BCUT2D eigenvalue weighted by Crippen LogP contribution is -2.45. The van der Waals surface area contributed by atoms with E-state index in [1.54, 1.807) is 18.2 Å². The van der Waals surface area contributed by atoms with Gasteiger partial charge in [-0.25, -0.2) is 0 Å². The predicted octanol–water partition coefficient (Wildman–Crippen LogP) is 2.45. The summed E-state index contributed by atoms with van der Waals surface area (Å²) in [6, 6.07) is 5.02. The third-order valence-electron chi connectivity index (χ3n) is 3.12. The van der Waals surface area contributed by atoms with Crippen LogP contribution in [0.1, 0.15) is 6.92 Å². The molecule has 0 spiro atoms. The molecule has 20 heavy (non-hydrogen) atoms. The minimum absolute atomic E-state index is 0.186. The van der Waals surface area contributed by atoms with Crippen LogP contribution in [0.3, 0.4) is 0 Å². The number of benzene rings is 1. The Morgan fingerprint density at radius 1 is 1.50 bits per heavy atom. The van der Waals surface area contributed by atoms with Crippen molar-refractivity contribution in [3.05, 3.63) is 28.2 Å². The molecule has 2 unspecified atom stereocenters. The van der Waals surface area contributed by atoms with Crippen molar-refractivity contribution in [1.29, 1.82) is 0 Å². The number of morpholine rings is 1. The van der Waals surface area contributed by atoms with Crippen molar-refractivity contribution in [2.45, 2.75) is 19.1 Å². The monoisotopic (exact) mass is 319 g/mol. The average molecular weight is 320 g/mol. The summed E-state index contributed by atoms with van der Waals surface area (Å²) in [6.45, 7) is 5.14. The largest absolute Gasteiger partial charge is 0.489 e. The number of nitrogens with zero attached hydrogens (tertiary/aromatic N) is 1. The highest BCUT2D eigenvalue weighted by molar-refractivity contribution is 6.34. The van der Waals surface area contributed by atoms with Gasteiger partial charge >= 0.3 is 0 Å². The second kappa shape index (κ2) is 7.48. The summed E-state index contributed by atoms with van der Waals surface area (Å²) in [6.07, 6.45) is -0.366. The number of aliphatic hydroxyl groups excluding tert-OH is 1. The van der Waals surface area contributed by atoms with Crippen LogP contribution in [0.2, 0.25) is 10.0 Å². The molecule has 1 fully saturated rings. The maximum atomic E-state index is 10.0. The first-order chi connectivity index (χ1) is 9.54. The number of ether oxygens (including phenoxy) is 2. The first kappa shape index (κ1) is 15.9. The van der Waals surface area contributed by atoms with E-state index in [0.717, 1.165) is 13.1 Å². The number of hydrogen-bond donors (Lipinski definition) is 1. The average Bonchev–Trinajstić information content (AvgIpc) is 2.40. The zero-order chi connectivity index (χ0) is 14.5. The Bertz CT molecular complexity index is 444. The summed E-state index contributed by atoms with van der Waals surface area (Å²) < 4.78 is 11.0. The van der Waals surface area contributed by atoms with Crippen LogP contribution in [0.15, 0.2) is 18.2 Å². The summed E-state index contributed by atoms with van der Waals surface area (Å²) in [5.74, 6) is 0.494. The van der Waals surface area contributed by atoms with Crippen LogP contribution in [0, 0.1) is 0 Å². The topological polar surface area (TPSA) is 41.9 Å². The predicted molar refractivity (Wildman–Crippen MR) is 79.8 cm³/mol. The molecule has 0 bridgehead atoms. The first-order valence-corrected chi connectivity index (χ1v) is 7.40. The molecule has 1 saturated heterocycles. The Morgan fingerprint density at radius 3 is 3.05 bits per heavy atom. The lowest BCUT2D eigenvalue weighted by Gasteiger charge is -2.32. The Hall–Kier alpha value is -0.520. The molecule has 0 aromatic heterocycles. The van der Waals surface area contributed by atoms with Gasteiger partial charge in [-0.1, -0.05) is 23.2 Å². The summed E-state index contributed by atoms with van der Waals surface area (Å²) in [7, 11) is 0. The molecule has 1 heterocycles. The van der Waals surface area contributed by atoms with Crippen molar-refractivity contribution in [2.24, 2.45) is 0 Å². The van der Waals surface area contributed by atoms with Crippen molar-refractivity contribution < 1.29 is 14.6 Å². The minimum atomic E-state index is -0.574. The molecular formula is C14H19Cl2NO3. The van der Waals surface area contributed by atoms with Crippen molar-refractivity contribution >= 4 is 23.2 Å². The van der Waals surface area contributed by atoms with E-state index in [9.17, 15) is 5.11 Å². The molecule has 112 valence electrons. The molecule has 2 atom stereocenters. The normalized spacial score (nSPS) is 21.7. The molecule has 1 aliphatic heterocycles. The van der Waals surface area contributed by atoms with Crippen LogP contribution in [0.25, 0.3) is 0 Å². The van der Waals surface area contributed by atoms with Crippen LogP contribution in [0.5, 0.6) is 5.75 Å². The van der Waals surface area contributed by atoms with E-state index in [-0.39, 0.29) is 12.7 Å². The fourth-order valence-electron chi connectivity index (χ4n) is 2.18. The Labute approximate surface area is 129 Å². The summed E-state index contributed by atoms with van der Waals surface area (Å²) in [5.41, 5.74) is 0. The molecule has 2 rings (SSSR count). The van der Waals surface area contributed by atoms with Crippen LogP contribution >= 0.6 is 23.2 Å². The summed E-state index contributed by atoms with van der Waals surface area (Å²) >= 11 is 11.9. The van der Waals surface area contributed by atoms with Crippen molar-refractivity contribution in [2.75, 3.05) is 32.8 Å². The van der Waals surface area contributed by atoms with Crippen molar-refractivity contribution in [3.63, 3.8) is 0 Å². The number of rotatable bonds is 5. The van der Waals surface area contributed by atoms with E-state index in [1.165, 1.54) is 0 Å². The zero-order valence-electron chi connectivity index (χ0n) is 11.4. The van der Waals surface area contributed by atoms with Gasteiger partial charge in [0.25, 0.3) is 0 Å². The van der Waals surface area contributed by atoms with E-state index in [1.807, 2.05) is 6.92 Å². The van der Waals surface area contributed by atoms with Crippen LogP contribution in [0.4, 0.5) is 0 Å². The maximum Gasteiger partial charge on any atom is 0.139 e. The van der Waals surface area contributed by atoms with Gasteiger partial charge in [-0.05, 0) is 19.1 Å². The van der Waals surface area contributed by atoms with Crippen molar-refractivity contribution in [3.8, 4) is 5.75 Å². The molecule has 0 aliphatic carbocycles. The lowest BCUT2D eigenvalue weighted by atomic mass is 10.2. The van der Waals surface area contributed by atoms with Gasteiger partial charge in [0, 0.05) is 30.7 Å². The SMILES string of the molecule is CC1CN(CC(O)COc2cc(Cl)ccc2Cl)CCO1. The highest BCUT2D eigenvalue weighted by atomic mass is 35.5. The van der Waals surface area contributed by atoms with E-state index in [4.69, 9.17) is 32.7 Å². The Balaban J connectivity index is 1.79. The molecule has 1 N–H and O–H groups in total. The fraction of sp³-hybridized carbons (Fsp3) is 0.571. The van der Waals surface area contributed by atoms with Crippen LogP contribution in [-0.4, -0.2) is 55.1 Å². The Morgan fingerprint density at radius 2 is 2.30 bits per heavy atom. The van der Waals surface area contributed by atoms with Gasteiger partial charge in [0.05, 0.1) is 17.7 Å². The molecule has 1 aromatic rings. The number of halogens is 2. The zero-order valence-corrected chi connectivity index (χ0v) is 12.9. The summed E-state index contributed by atoms with van der Waals surface area (Å²) in [5, 5.41) is 11.1. The molecular weight excluding hydrogens is 301 g/mol. The highest BCUT2D eigenvalue weighted by Crippen LogP contribution is 2.27. The smallest absolute Gasteiger partial charge is 0.139 e. The molecule has 0 saturated carbocycles. The van der Waals surface area contributed by atoms with Gasteiger partial charge in [-0.3, -0.25) is 4.90 Å². The number of β-amino-alcohol motifs (C(OH)–C–C–N with tert-alkyl or cyclic N) is 1. The van der Waals surface area contributed by atoms with Gasteiger partial charge in [0.2, 0.25) is 0 Å². The molecule has 1 aromatic carbocycles. The second-order valence-electron chi connectivity index (χ2n) is 4.98. The number of hydrogen-bond acceptors (Lipinski definition) is 4. The van der Waals surface area contributed by atoms with Gasteiger partial charge in [0.15, 0.2) is 0 Å². The van der Waals surface area contributed by atoms with E-state index in [2.05, 4.69) is 4.90 Å². The summed E-state index contributed by atoms with van der Waals surface area (Å²) in [4.78, 5) is 2.17. The standard InChI is InChI=1S/C14H19Cl2NO3/c1-10-7-17(4-5-19-10)8-12(18)9-20-14-6-11(15)2-3-13(14)16/h2-3,6,10,12,18H,4-5,7-9H2,1H3. The van der Waals surface area contributed by atoms with Crippen LogP contribution in [-0.2, 0) is 4.74 Å². The van der Waals surface area contributed by atoms with E-state index >= 15 is 0 Å². The minimum Gasteiger partial charge on any atom is -0.489 e. The van der Waals surface area contributed by atoms with E-state index in [0.29, 0.717) is 28.9 Å². The molecule has 6 heteroatoms. The third kappa shape index (κ3) is 4.79. The van der Waals surface area contributed by atoms with Gasteiger partial charge < -0.3 is 14.6 Å². The molecule has 1 aliphatic rings. The number of aliphatic hydroxyl groups is 1. The maximum absolute atomic E-state index is 10.0. The van der Waals surface area contributed by atoms with Gasteiger partial charge in [-0.15, -0.1) is 0 Å². The Kier molecular flexibility index (Phi) is 5.93. The second-order valence-corrected chi connectivity index (χ2v) is 5.82. The van der Waals surface area contributed by atoms with Crippen LogP contribution < -0.4 is 4.74 Å². The van der Waals surface area contributed by atoms with Gasteiger partial charge in [-0.2, -0.15) is 0 Å².